The second-order valence-electron chi connectivity index (χ2n) is 4.96. The molecule has 22 heavy (non-hydrogen) atoms. The minimum atomic E-state index is -3.98. The number of anilines is 1. The van der Waals surface area contributed by atoms with Crippen molar-refractivity contribution in [2.75, 3.05) is 5.32 Å². The van der Waals surface area contributed by atoms with Crippen molar-refractivity contribution in [1.29, 1.82) is 0 Å². The van der Waals surface area contributed by atoms with Crippen molar-refractivity contribution in [1.82, 2.24) is 4.72 Å². The quantitative estimate of drug-likeness (QED) is 0.702. The van der Waals surface area contributed by atoms with E-state index in [1.807, 2.05) is 0 Å². The minimum absolute atomic E-state index is 0.0933. The highest BCUT2D eigenvalue weighted by molar-refractivity contribution is 7.89. The second-order valence-corrected chi connectivity index (χ2v) is 6.67. The molecule has 1 aromatic carbocycles. The molecule has 1 aromatic rings. The van der Waals surface area contributed by atoms with Gasteiger partial charge in [-0.2, -0.15) is 4.72 Å². The van der Waals surface area contributed by atoms with Gasteiger partial charge in [-0.1, -0.05) is 19.4 Å². The molecule has 0 spiro atoms. The molecule has 0 radical (unpaired) electrons. The summed E-state index contributed by atoms with van der Waals surface area (Å²) in [6, 6.07) is 3.05. The molecule has 1 rings (SSSR count). The highest BCUT2D eigenvalue weighted by Gasteiger charge is 2.25. The number of rotatable bonds is 7. The first-order valence-corrected chi connectivity index (χ1v) is 8.29. The van der Waals surface area contributed by atoms with Crippen molar-refractivity contribution >= 4 is 27.6 Å². The average Bonchev–Trinajstić information content (AvgIpc) is 2.39. The fourth-order valence-corrected chi connectivity index (χ4v) is 3.12. The lowest BCUT2D eigenvalue weighted by molar-refractivity contribution is -0.139. The minimum Gasteiger partial charge on any atom is -0.480 e. The Morgan fingerprint density at radius 1 is 1.32 bits per heavy atom. The van der Waals surface area contributed by atoms with Crippen LogP contribution in [0.4, 0.5) is 5.69 Å². The van der Waals surface area contributed by atoms with Crippen LogP contribution in [-0.2, 0) is 19.6 Å². The summed E-state index contributed by atoms with van der Waals surface area (Å²) in [5.41, 5.74) is 1.08. The lowest BCUT2D eigenvalue weighted by Crippen LogP contribution is -2.40. The van der Waals surface area contributed by atoms with E-state index in [2.05, 4.69) is 10.0 Å². The monoisotopic (exact) mass is 328 g/mol. The molecule has 0 aliphatic heterocycles. The number of aliphatic carboxylic acids is 1. The number of sulfonamides is 1. The maximum absolute atomic E-state index is 12.3. The van der Waals surface area contributed by atoms with Crippen molar-refractivity contribution in [2.45, 2.75) is 44.6 Å². The molecule has 0 saturated carbocycles. The third-order valence-electron chi connectivity index (χ3n) is 3.00. The predicted molar refractivity (Wildman–Crippen MR) is 82.1 cm³/mol. The summed E-state index contributed by atoms with van der Waals surface area (Å²) in [6.45, 7) is 4.82. The summed E-state index contributed by atoms with van der Waals surface area (Å²) < 4.78 is 26.7. The zero-order chi connectivity index (χ0) is 16.9. The zero-order valence-electron chi connectivity index (χ0n) is 12.7. The number of carboxylic acids is 1. The fourth-order valence-electron chi connectivity index (χ4n) is 1.87. The summed E-state index contributed by atoms with van der Waals surface area (Å²) in [7, 11) is -3.98. The van der Waals surface area contributed by atoms with Crippen LogP contribution in [0.3, 0.4) is 0 Å². The van der Waals surface area contributed by atoms with Gasteiger partial charge in [-0.05, 0) is 31.0 Å². The Bertz CT molecular complexity index is 670. The molecule has 0 aliphatic rings. The van der Waals surface area contributed by atoms with E-state index in [0.717, 1.165) is 0 Å². The van der Waals surface area contributed by atoms with Gasteiger partial charge in [0.1, 0.15) is 6.04 Å². The van der Waals surface area contributed by atoms with Crippen molar-refractivity contribution in [3.63, 3.8) is 0 Å². The number of aryl methyl sites for hydroxylation is 1. The number of hydrogen-bond donors (Lipinski definition) is 3. The number of amides is 1. The van der Waals surface area contributed by atoms with E-state index in [1.54, 1.807) is 19.9 Å². The standard InChI is InChI=1S/C14H20N2O5S/c1-4-5-12(14(18)19)16-22(20,21)11-7-6-9(2)13(8-11)15-10(3)17/h6-8,12,16H,4-5H2,1-3H3,(H,15,17)(H,18,19). The topological polar surface area (TPSA) is 113 Å². The van der Waals surface area contributed by atoms with Crippen molar-refractivity contribution in [3.05, 3.63) is 23.8 Å². The number of benzene rings is 1. The van der Waals surface area contributed by atoms with Gasteiger partial charge in [0.2, 0.25) is 15.9 Å². The maximum atomic E-state index is 12.3. The molecule has 0 heterocycles. The van der Waals surface area contributed by atoms with Gasteiger partial charge < -0.3 is 10.4 Å². The molecule has 0 aliphatic carbocycles. The molecule has 8 heteroatoms. The normalized spacial score (nSPS) is 12.7. The van der Waals surface area contributed by atoms with Gasteiger partial charge in [0.15, 0.2) is 0 Å². The van der Waals surface area contributed by atoms with Crippen molar-refractivity contribution in [3.8, 4) is 0 Å². The van der Waals surface area contributed by atoms with E-state index in [1.165, 1.54) is 19.1 Å². The highest BCUT2D eigenvalue weighted by Crippen LogP contribution is 2.20. The van der Waals surface area contributed by atoms with Gasteiger partial charge >= 0.3 is 5.97 Å². The second kappa shape index (κ2) is 7.37. The van der Waals surface area contributed by atoms with Crippen molar-refractivity contribution < 1.29 is 23.1 Å². The van der Waals surface area contributed by atoms with Gasteiger partial charge in [0, 0.05) is 12.6 Å². The molecule has 0 fully saturated rings. The largest absolute Gasteiger partial charge is 0.480 e. The van der Waals surface area contributed by atoms with Gasteiger partial charge in [0.25, 0.3) is 0 Å². The van der Waals surface area contributed by atoms with Crippen LogP contribution >= 0.6 is 0 Å². The first-order chi connectivity index (χ1) is 10.2. The van der Waals surface area contributed by atoms with Crippen LogP contribution in [0.15, 0.2) is 23.1 Å². The Balaban J connectivity index is 3.12. The van der Waals surface area contributed by atoms with E-state index in [-0.39, 0.29) is 17.2 Å². The summed E-state index contributed by atoms with van der Waals surface area (Å²) >= 11 is 0. The molecule has 1 atom stereocenters. The first-order valence-electron chi connectivity index (χ1n) is 6.80. The smallest absolute Gasteiger partial charge is 0.321 e. The summed E-state index contributed by atoms with van der Waals surface area (Å²) in [4.78, 5) is 22.1. The van der Waals surface area contributed by atoms with Crippen LogP contribution in [-0.4, -0.2) is 31.4 Å². The van der Waals surface area contributed by atoms with E-state index < -0.39 is 22.0 Å². The van der Waals surface area contributed by atoms with E-state index in [4.69, 9.17) is 5.11 Å². The highest BCUT2D eigenvalue weighted by atomic mass is 32.2. The van der Waals surface area contributed by atoms with Gasteiger partial charge in [-0.3, -0.25) is 9.59 Å². The third-order valence-corrected chi connectivity index (χ3v) is 4.47. The molecule has 3 N–H and O–H groups in total. The van der Waals surface area contributed by atoms with E-state index in [9.17, 15) is 18.0 Å². The van der Waals surface area contributed by atoms with Crippen molar-refractivity contribution in [2.24, 2.45) is 0 Å². The lowest BCUT2D eigenvalue weighted by atomic mass is 10.2. The van der Waals surface area contributed by atoms with Gasteiger partial charge in [-0.15, -0.1) is 0 Å². The van der Waals surface area contributed by atoms with Gasteiger partial charge in [-0.25, -0.2) is 8.42 Å². The molecular formula is C14H20N2O5S. The SMILES string of the molecule is CCCC(NS(=O)(=O)c1ccc(C)c(NC(C)=O)c1)C(=O)O. The predicted octanol–water partition coefficient (Wildman–Crippen LogP) is 1.49. The molecule has 0 aromatic heterocycles. The molecule has 7 nitrogen and oxygen atoms in total. The number of nitrogens with one attached hydrogen (secondary N) is 2. The van der Waals surface area contributed by atoms with Crippen LogP contribution in [0.2, 0.25) is 0 Å². The molecule has 122 valence electrons. The number of carboxylic acid groups (broad SMARTS) is 1. The molecular weight excluding hydrogens is 308 g/mol. The molecule has 0 saturated heterocycles. The Kier molecular flexibility index (Phi) is 6.07. The first kappa shape index (κ1) is 18.1. The Morgan fingerprint density at radius 3 is 2.45 bits per heavy atom. The fraction of sp³-hybridized carbons (Fsp3) is 0.429. The van der Waals surface area contributed by atoms with Crippen LogP contribution in [0.5, 0.6) is 0 Å². The van der Waals surface area contributed by atoms with Crippen LogP contribution in [0.25, 0.3) is 0 Å². The number of carbonyl (C=O) groups is 2. The van der Waals surface area contributed by atoms with E-state index in [0.29, 0.717) is 17.7 Å². The molecule has 0 bridgehead atoms. The Labute approximate surface area is 129 Å². The maximum Gasteiger partial charge on any atom is 0.321 e. The molecule has 1 amide bonds. The lowest BCUT2D eigenvalue weighted by Gasteiger charge is -2.15. The zero-order valence-corrected chi connectivity index (χ0v) is 13.5. The summed E-state index contributed by atoms with van der Waals surface area (Å²) in [6.07, 6.45) is 0.726. The summed E-state index contributed by atoms with van der Waals surface area (Å²) in [5.74, 6) is -1.54. The van der Waals surface area contributed by atoms with Gasteiger partial charge in [0.05, 0.1) is 4.90 Å². The Morgan fingerprint density at radius 2 is 1.95 bits per heavy atom. The van der Waals surface area contributed by atoms with Crippen LogP contribution < -0.4 is 10.0 Å². The summed E-state index contributed by atoms with van der Waals surface area (Å²) in [5, 5.41) is 11.6. The number of hydrogen-bond acceptors (Lipinski definition) is 4. The van der Waals surface area contributed by atoms with E-state index >= 15 is 0 Å². The average molecular weight is 328 g/mol. The van der Waals surface area contributed by atoms with Crippen LogP contribution in [0, 0.1) is 6.92 Å². The molecule has 1 unspecified atom stereocenters. The third kappa shape index (κ3) is 4.81. The number of carbonyl (C=O) groups excluding carboxylic acids is 1. The Hall–Kier alpha value is -1.93. The van der Waals surface area contributed by atoms with Crippen LogP contribution in [0.1, 0.15) is 32.3 Å².